The van der Waals surface area contributed by atoms with Crippen molar-refractivity contribution >= 4 is 17.6 Å². The molecule has 3 aromatic carbocycles. The largest absolute Gasteiger partial charge is 0.336 e. The van der Waals surface area contributed by atoms with Crippen LogP contribution in [0.15, 0.2) is 72.8 Å². The lowest BCUT2D eigenvalue weighted by atomic mass is 10.1. The van der Waals surface area contributed by atoms with Gasteiger partial charge in [-0.25, -0.2) is 9.18 Å². The number of carbonyl (C=O) groups excluding carboxylic acids is 2. The molecule has 0 saturated heterocycles. The lowest BCUT2D eigenvalue weighted by molar-refractivity contribution is 0.0730. The number of urea groups is 1. The predicted molar refractivity (Wildman–Crippen MR) is 125 cm³/mol. The molecule has 168 valence electrons. The van der Waals surface area contributed by atoms with Gasteiger partial charge in [0.15, 0.2) is 0 Å². The van der Waals surface area contributed by atoms with Crippen LogP contribution in [0.5, 0.6) is 0 Å². The van der Waals surface area contributed by atoms with E-state index in [1.165, 1.54) is 12.1 Å². The van der Waals surface area contributed by atoms with E-state index >= 15 is 0 Å². The third-order valence-electron chi connectivity index (χ3n) is 4.82. The van der Waals surface area contributed by atoms with Crippen molar-refractivity contribution in [3.05, 3.63) is 101 Å². The molecule has 0 aromatic heterocycles. The number of hydrogen-bond donors (Lipinski definition) is 2. The predicted octanol–water partition coefficient (Wildman–Crippen LogP) is 5.07. The van der Waals surface area contributed by atoms with Crippen molar-refractivity contribution in [1.29, 1.82) is 5.26 Å². The van der Waals surface area contributed by atoms with Crippen LogP contribution >= 0.6 is 0 Å². The highest BCUT2D eigenvalue weighted by Gasteiger charge is 2.17. The lowest BCUT2D eigenvalue weighted by Crippen LogP contribution is -2.34. The van der Waals surface area contributed by atoms with E-state index in [1.54, 1.807) is 65.6 Å². The van der Waals surface area contributed by atoms with E-state index in [0.717, 1.165) is 5.56 Å². The number of halogens is 1. The zero-order valence-corrected chi connectivity index (χ0v) is 18.5. The van der Waals surface area contributed by atoms with E-state index in [1.807, 2.05) is 13.8 Å². The van der Waals surface area contributed by atoms with E-state index < -0.39 is 0 Å². The van der Waals surface area contributed by atoms with Crippen LogP contribution in [0.3, 0.4) is 0 Å². The standard InChI is InChI=1S/C26H25FN4O2/c1-18(2)29-26(33)30-24-12-10-22(11-13-24)25(32)31(17-21-4-3-5-23(27)14-21)16-20-8-6-19(15-28)7-9-20/h3-14,18H,16-17H2,1-2H3,(H2,29,30,33). The molecule has 0 saturated carbocycles. The number of hydrogen-bond acceptors (Lipinski definition) is 3. The Kier molecular flexibility index (Phi) is 7.77. The molecule has 3 amide bonds. The first-order chi connectivity index (χ1) is 15.8. The molecule has 2 N–H and O–H groups in total. The van der Waals surface area contributed by atoms with Gasteiger partial charge in [0.1, 0.15) is 5.82 Å². The molecular formula is C26H25FN4O2. The van der Waals surface area contributed by atoms with Gasteiger partial charge in [-0.1, -0.05) is 24.3 Å². The Bertz CT molecular complexity index is 1150. The zero-order chi connectivity index (χ0) is 23.8. The van der Waals surface area contributed by atoms with E-state index in [0.29, 0.717) is 22.4 Å². The molecule has 0 fully saturated rings. The minimum atomic E-state index is -0.367. The van der Waals surface area contributed by atoms with Crippen molar-refractivity contribution < 1.29 is 14.0 Å². The second-order valence-corrected chi connectivity index (χ2v) is 7.93. The van der Waals surface area contributed by atoms with Gasteiger partial charge < -0.3 is 15.5 Å². The van der Waals surface area contributed by atoms with Gasteiger partial charge in [-0.2, -0.15) is 5.26 Å². The average molecular weight is 445 g/mol. The van der Waals surface area contributed by atoms with Gasteiger partial charge in [-0.05, 0) is 73.5 Å². The quantitative estimate of drug-likeness (QED) is 0.534. The smallest absolute Gasteiger partial charge is 0.319 e. The number of amides is 3. The first kappa shape index (κ1) is 23.5. The van der Waals surface area contributed by atoms with Crippen LogP contribution in [0.1, 0.15) is 40.9 Å². The highest BCUT2D eigenvalue weighted by atomic mass is 19.1. The molecule has 0 unspecified atom stereocenters. The summed E-state index contributed by atoms with van der Waals surface area (Å²) in [6, 6.07) is 21.5. The minimum Gasteiger partial charge on any atom is -0.336 e. The second-order valence-electron chi connectivity index (χ2n) is 7.93. The monoisotopic (exact) mass is 444 g/mol. The summed E-state index contributed by atoms with van der Waals surface area (Å²) in [5.41, 5.74) is 3.05. The number of nitrogens with zero attached hydrogens (tertiary/aromatic N) is 2. The van der Waals surface area contributed by atoms with Crippen molar-refractivity contribution in [3.8, 4) is 6.07 Å². The van der Waals surface area contributed by atoms with E-state index in [-0.39, 0.29) is 36.9 Å². The van der Waals surface area contributed by atoms with Crippen molar-refractivity contribution in [2.75, 3.05) is 5.32 Å². The van der Waals surface area contributed by atoms with Crippen molar-refractivity contribution in [3.63, 3.8) is 0 Å². The first-order valence-corrected chi connectivity index (χ1v) is 10.5. The summed E-state index contributed by atoms with van der Waals surface area (Å²) in [5, 5.41) is 14.5. The molecule has 0 aliphatic rings. The van der Waals surface area contributed by atoms with Gasteiger partial charge >= 0.3 is 6.03 Å². The van der Waals surface area contributed by atoms with Crippen molar-refractivity contribution in [1.82, 2.24) is 10.2 Å². The van der Waals surface area contributed by atoms with Gasteiger partial charge in [0.2, 0.25) is 0 Å². The van der Waals surface area contributed by atoms with Crippen LogP contribution in [0.4, 0.5) is 14.9 Å². The average Bonchev–Trinajstić information content (AvgIpc) is 2.78. The maximum Gasteiger partial charge on any atom is 0.319 e. The van der Waals surface area contributed by atoms with Crippen LogP contribution in [0.2, 0.25) is 0 Å². The van der Waals surface area contributed by atoms with Gasteiger partial charge in [0.05, 0.1) is 11.6 Å². The van der Waals surface area contributed by atoms with Crippen molar-refractivity contribution in [2.45, 2.75) is 33.0 Å². The molecule has 0 bridgehead atoms. The zero-order valence-electron chi connectivity index (χ0n) is 18.5. The van der Waals surface area contributed by atoms with Gasteiger partial charge in [-0.3, -0.25) is 4.79 Å². The molecule has 0 heterocycles. The summed E-state index contributed by atoms with van der Waals surface area (Å²) in [4.78, 5) is 26.8. The van der Waals surface area contributed by atoms with E-state index in [9.17, 15) is 14.0 Å². The summed E-state index contributed by atoms with van der Waals surface area (Å²) in [5.74, 6) is -0.602. The van der Waals surface area contributed by atoms with E-state index in [2.05, 4.69) is 16.7 Å². The lowest BCUT2D eigenvalue weighted by Gasteiger charge is -2.23. The normalized spacial score (nSPS) is 10.4. The molecule has 0 aliphatic carbocycles. The molecular weight excluding hydrogens is 419 g/mol. The molecule has 7 heteroatoms. The van der Waals surface area contributed by atoms with Gasteiger partial charge in [0.25, 0.3) is 5.91 Å². The molecule has 0 aliphatic heterocycles. The molecule has 0 radical (unpaired) electrons. The number of benzene rings is 3. The summed E-state index contributed by atoms with van der Waals surface area (Å²) in [7, 11) is 0. The summed E-state index contributed by atoms with van der Waals surface area (Å²) in [6.07, 6.45) is 0. The van der Waals surface area contributed by atoms with Crippen LogP contribution < -0.4 is 10.6 Å². The van der Waals surface area contributed by atoms with E-state index in [4.69, 9.17) is 5.26 Å². The Morgan fingerprint density at radius 1 is 0.970 bits per heavy atom. The van der Waals surface area contributed by atoms with Crippen LogP contribution in [0.25, 0.3) is 0 Å². The fraction of sp³-hybridized carbons (Fsp3) is 0.192. The molecule has 3 rings (SSSR count). The van der Waals surface area contributed by atoms with Gasteiger partial charge in [0, 0.05) is 30.4 Å². The fourth-order valence-corrected chi connectivity index (χ4v) is 3.27. The fourth-order valence-electron chi connectivity index (χ4n) is 3.27. The Morgan fingerprint density at radius 2 is 1.64 bits per heavy atom. The van der Waals surface area contributed by atoms with Crippen LogP contribution in [0, 0.1) is 17.1 Å². The maximum absolute atomic E-state index is 13.7. The number of rotatable bonds is 7. The number of nitriles is 1. The Hall–Kier alpha value is -4.18. The SMILES string of the molecule is CC(C)NC(=O)Nc1ccc(C(=O)N(Cc2ccc(C#N)cc2)Cc2cccc(F)c2)cc1. The topological polar surface area (TPSA) is 85.2 Å². The highest BCUT2D eigenvalue weighted by molar-refractivity contribution is 5.95. The number of carbonyl (C=O) groups is 2. The van der Waals surface area contributed by atoms with Crippen molar-refractivity contribution in [2.24, 2.45) is 0 Å². The second kappa shape index (κ2) is 10.9. The molecule has 3 aromatic rings. The summed E-state index contributed by atoms with van der Waals surface area (Å²) in [6.45, 7) is 4.23. The molecule has 0 spiro atoms. The Balaban J connectivity index is 1.80. The Morgan fingerprint density at radius 3 is 2.24 bits per heavy atom. The summed E-state index contributed by atoms with van der Waals surface area (Å²) >= 11 is 0. The molecule has 6 nitrogen and oxygen atoms in total. The minimum absolute atomic E-state index is 0.00413. The third kappa shape index (κ3) is 6.91. The number of anilines is 1. The third-order valence-corrected chi connectivity index (χ3v) is 4.82. The maximum atomic E-state index is 13.7. The van der Waals surface area contributed by atoms with Crippen LogP contribution in [-0.2, 0) is 13.1 Å². The van der Waals surface area contributed by atoms with Crippen LogP contribution in [-0.4, -0.2) is 22.9 Å². The molecule has 33 heavy (non-hydrogen) atoms. The highest BCUT2D eigenvalue weighted by Crippen LogP contribution is 2.17. The van der Waals surface area contributed by atoms with Gasteiger partial charge in [-0.15, -0.1) is 0 Å². The Labute approximate surface area is 192 Å². The summed E-state index contributed by atoms with van der Waals surface area (Å²) < 4.78 is 13.7. The number of nitrogens with one attached hydrogen (secondary N) is 2. The first-order valence-electron chi connectivity index (χ1n) is 10.5. The molecule has 0 atom stereocenters.